The van der Waals surface area contributed by atoms with Crippen molar-refractivity contribution in [3.63, 3.8) is 0 Å². The first-order chi connectivity index (χ1) is 18.5. The largest absolute Gasteiger partial charge is 0.379 e. The van der Waals surface area contributed by atoms with Crippen LogP contribution in [0.15, 0.2) is 47.6 Å². The van der Waals surface area contributed by atoms with Gasteiger partial charge in [0.1, 0.15) is 6.54 Å². The number of halogens is 1. The summed E-state index contributed by atoms with van der Waals surface area (Å²) in [5.41, 5.74) is 4.60. The van der Waals surface area contributed by atoms with Gasteiger partial charge in [0.2, 0.25) is 0 Å². The Balaban J connectivity index is 1.60. The normalized spacial score (nSPS) is 18.2. The van der Waals surface area contributed by atoms with Gasteiger partial charge in [-0.1, -0.05) is 41.9 Å². The maximum absolute atomic E-state index is 13.9. The average Bonchev–Trinajstić information content (AvgIpc) is 3.33. The first kappa shape index (κ1) is 29.1. The summed E-state index contributed by atoms with van der Waals surface area (Å²) in [7, 11) is 0. The molecular formula is C30H40ClN5O3. The van der Waals surface area contributed by atoms with E-state index in [2.05, 4.69) is 36.2 Å². The summed E-state index contributed by atoms with van der Waals surface area (Å²) >= 11 is 6.60. The Hall–Kier alpha value is -2.94. The van der Waals surface area contributed by atoms with Crippen molar-refractivity contribution in [1.29, 1.82) is 0 Å². The third-order valence-corrected chi connectivity index (χ3v) is 7.50. The molecule has 0 saturated carbocycles. The number of hydrazone groups is 1. The molecule has 2 aliphatic rings. The summed E-state index contributed by atoms with van der Waals surface area (Å²) in [6.07, 6.45) is 0.542. The van der Waals surface area contributed by atoms with Crippen molar-refractivity contribution < 1.29 is 14.3 Å². The Labute approximate surface area is 236 Å². The lowest BCUT2D eigenvalue weighted by Crippen LogP contribution is -2.53. The first-order valence-corrected chi connectivity index (χ1v) is 14.0. The number of carbonyl (C=O) groups excluding carboxylic acids is 2. The highest BCUT2D eigenvalue weighted by Crippen LogP contribution is 2.36. The number of aryl methyl sites for hydroxylation is 2. The number of nitrogens with zero attached hydrogens (tertiary/aromatic N) is 4. The van der Waals surface area contributed by atoms with Crippen LogP contribution in [0.2, 0.25) is 5.02 Å². The molecule has 0 spiro atoms. The molecule has 0 bridgehead atoms. The van der Waals surface area contributed by atoms with E-state index in [0.29, 0.717) is 37.7 Å². The van der Waals surface area contributed by atoms with Gasteiger partial charge in [0, 0.05) is 43.2 Å². The maximum atomic E-state index is 13.9. The molecular weight excluding hydrogens is 514 g/mol. The molecule has 1 N–H and O–H groups in total. The molecule has 0 aromatic heterocycles. The van der Waals surface area contributed by atoms with E-state index in [9.17, 15) is 9.59 Å². The fourth-order valence-corrected chi connectivity index (χ4v) is 5.06. The zero-order chi connectivity index (χ0) is 28.2. The lowest BCUT2D eigenvalue weighted by atomic mass is 9.96. The molecule has 39 heavy (non-hydrogen) atoms. The number of nitrogens with one attached hydrogen (secondary N) is 1. The zero-order valence-corrected chi connectivity index (χ0v) is 24.4. The molecule has 2 aromatic carbocycles. The molecule has 1 saturated heterocycles. The van der Waals surface area contributed by atoms with Gasteiger partial charge >= 0.3 is 6.03 Å². The lowest BCUT2D eigenvalue weighted by Gasteiger charge is -2.33. The Morgan fingerprint density at radius 2 is 1.82 bits per heavy atom. The number of urea groups is 1. The molecule has 0 unspecified atom stereocenters. The molecule has 210 valence electrons. The number of carbonyl (C=O) groups is 2. The second-order valence-corrected chi connectivity index (χ2v) is 11.8. The smallest absolute Gasteiger partial charge is 0.318 e. The van der Waals surface area contributed by atoms with Crippen molar-refractivity contribution >= 4 is 29.3 Å². The van der Waals surface area contributed by atoms with Crippen molar-refractivity contribution in [2.24, 2.45) is 5.10 Å². The summed E-state index contributed by atoms with van der Waals surface area (Å²) in [5, 5.41) is 9.95. The van der Waals surface area contributed by atoms with Crippen LogP contribution in [0.1, 0.15) is 55.5 Å². The van der Waals surface area contributed by atoms with Crippen molar-refractivity contribution in [3.05, 3.63) is 69.7 Å². The quantitative estimate of drug-likeness (QED) is 0.535. The Morgan fingerprint density at radius 3 is 2.49 bits per heavy atom. The van der Waals surface area contributed by atoms with Crippen molar-refractivity contribution in [1.82, 2.24) is 20.1 Å². The molecule has 2 heterocycles. The second kappa shape index (κ2) is 12.5. The first-order valence-electron chi connectivity index (χ1n) is 13.6. The average molecular weight is 554 g/mol. The highest BCUT2D eigenvalue weighted by atomic mass is 35.5. The van der Waals surface area contributed by atoms with E-state index in [-0.39, 0.29) is 24.5 Å². The molecule has 8 nitrogen and oxygen atoms in total. The van der Waals surface area contributed by atoms with Crippen LogP contribution in [-0.2, 0) is 9.53 Å². The van der Waals surface area contributed by atoms with Crippen LogP contribution in [-0.4, -0.2) is 83.9 Å². The number of amides is 3. The summed E-state index contributed by atoms with van der Waals surface area (Å²) in [5.74, 6) is -0.246. The van der Waals surface area contributed by atoms with Crippen LogP contribution < -0.4 is 5.32 Å². The zero-order valence-electron chi connectivity index (χ0n) is 23.7. The van der Waals surface area contributed by atoms with E-state index >= 15 is 0 Å². The third kappa shape index (κ3) is 7.59. The maximum Gasteiger partial charge on any atom is 0.318 e. The van der Waals surface area contributed by atoms with Crippen molar-refractivity contribution in [2.75, 3.05) is 45.9 Å². The van der Waals surface area contributed by atoms with Crippen molar-refractivity contribution in [2.45, 2.75) is 52.6 Å². The molecule has 1 fully saturated rings. The fourth-order valence-electron chi connectivity index (χ4n) is 4.80. The Morgan fingerprint density at radius 1 is 1.10 bits per heavy atom. The highest BCUT2D eigenvalue weighted by molar-refractivity contribution is 6.31. The minimum absolute atomic E-state index is 0.0864. The van der Waals surface area contributed by atoms with Gasteiger partial charge in [-0.15, -0.1) is 0 Å². The van der Waals surface area contributed by atoms with Gasteiger partial charge in [-0.2, -0.15) is 5.10 Å². The molecule has 1 atom stereocenters. The predicted molar refractivity (Wildman–Crippen MR) is 155 cm³/mol. The van der Waals surface area contributed by atoms with E-state index in [4.69, 9.17) is 21.4 Å². The highest BCUT2D eigenvalue weighted by Gasteiger charge is 2.36. The van der Waals surface area contributed by atoms with Crippen LogP contribution >= 0.6 is 11.6 Å². The van der Waals surface area contributed by atoms with Gasteiger partial charge < -0.3 is 15.0 Å². The Kier molecular flexibility index (Phi) is 9.31. The van der Waals surface area contributed by atoms with E-state index in [1.807, 2.05) is 51.1 Å². The van der Waals surface area contributed by atoms with Crippen LogP contribution in [0, 0.1) is 13.8 Å². The summed E-state index contributed by atoms with van der Waals surface area (Å²) in [4.78, 5) is 31.0. The molecule has 9 heteroatoms. The number of hydrogen-bond donors (Lipinski definition) is 1. The number of benzene rings is 2. The fraction of sp³-hybridized carbons (Fsp3) is 0.500. The third-order valence-electron chi connectivity index (χ3n) is 7.16. The molecule has 2 aromatic rings. The van der Waals surface area contributed by atoms with Gasteiger partial charge in [0.25, 0.3) is 5.91 Å². The van der Waals surface area contributed by atoms with Crippen molar-refractivity contribution in [3.8, 4) is 0 Å². The predicted octanol–water partition coefficient (Wildman–Crippen LogP) is 4.78. The monoisotopic (exact) mass is 553 g/mol. The van der Waals surface area contributed by atoms with Gasteiger partial charge in [0.05, 0.1) is 25.0 Å². The number of ether oxygens (including phenoxy) is 1. The van der Waals surface area contributed by atoms with Crippen LogP contribution in [0.5, 0.6) is 0 Å². The molecule has 0 aliphatic carbocycles. The standard InChI is InChI=1S/C30H40ClN5O3/c1-21-10-11-23(18-22(21)2)26-19-27(24-8-6-7-9-25(24)31)36(33-26)28(37)20-35(29(38)32-30(3,4)5)13-12-34-14-16-39-17-15-34/h6-11,18,27H,12-17,19-20H2,1-5H3,(H,32,38)/t27-/m0/s1. The topological polar surface area (TPSA) is 77.5 Å². The van der Waals surface area contributed by atoms with Gasteiger partial charge in [-0.05, 0) is 69.0 Å². The SMILES string of the molecule is Cc1ccc(C2=NN(C(=O)CN(CCN3CCOCC3)C(=O)NC(C)(C)C)[C@H](c3ccccc3Cl)C2)cc1C. The van der Waals surface area contributed by atoms with Gasteiger partial charge in [0.15, 0.2) is 0 Å². The second-order valence-electron chi connectivity index (χ2n) is 11.4. The van der Waals surface area contributed by atoms with Crippen LogP contribution in [0.4, 0.5) is 4.79 Å². The van der Waals surface area contributed by atoms with E-state index in [0.717, 1.165) is 29.9 Å². The summed E-state index contributed by atoms with van der Waals surface area (Å²) < 4.78 is 5.45. The molecule has 2 aliphatic heterocycles. The minimum atomic E-state index is -0.431. The van der Waals surface area contributed by atoms with Gasteiger partial charge in [-0.3, -0.25) is 9.69 Å². The molecule has 0 radical (unpaired) electrons. The summed E-state index contributed by atoms with van der Waals surface area (Å²) in [6.45, 7) is 13.9. The lowest BCUT2D eigenvalue weighted by molar-refractivity contribution is -0.133. The van der Waals surface area contributed by atoms with Crippen LogP contribution in [0.3, 0.4) is 0 Å². The number of hydrogen-bond acceptors (Lipinski definition) is 5. The van der Waals surface area contributed by atoms with E-state index in [1.165, 1.54) is 16.1 Å². The van der Waals surface area contributed by atoms with Gasteiger partial charge in [-0.25, -0.2) is 9.80 Å². The number of morpholine rings is 1. The van der Waals surface area contributed by atoms with E-state index in [1.54, 1.807) is 4.90 Å². The summed E-state index contributed by atoms with van der Waals surface area (Å²) in [6, 6.07) is 13.2. The van der Waals surface area contributed by atoms with E-state index < -0.39 is 5.54 Å². The van der Waals surface area contributed by atoms with Crippen LogP contribution in [0.25, 0.3) is 0 Å². The number of rotatable bonds is 7. The minimum Gasteiger partial charge on any atom is -0.379 e. The molecule has 4 rings (SSSR count). The molecule has 3 amide bonds. The Bertz CT molecular complexity index is 1220.